The number of halogens is 1. The van der Waals surface area contributed by atoms with Gasteiger partial charge in [0.15, 0.2) is 5.65 Å². The Morgan fingerprint density at radius 1 is 1.00 bits per heavy atom. The molecule has 0 aliphatic carbocycles. The van der Waals surface area contributed by atoms with E-state index >= 15 is 0 Å². The van der Waals surface area contributed by atoms with Crippen LogP contribution in [0.5, 0.6) is 0 Å². The number of urea groups is 1. The minimum absolute atomic E-state index is 0.352. The molecule has 2 amide bonds. The minimum atomic E-state index is -0.352. The molecule has 0 fully saturated rings. The third kappa shape index (κ3) is 4.67. The number of pyridine rings is 2. The first-order valence-corrected chi connectivity index (χ1v) is 8.62. The van der Waals surface area contributed by atoms with Crippen LogP contribution >= 0.6 is 11.6 Å². The van der Waals surface area contributed by atoms with E-state index in [1.807, 2.05) is 36.4 Å². The number of anilines is 2. The van der Waals surface area contributed by atoms with Crippen LogP contribution in [0.4, 0.5) is 16.3 Å². The monoisotopic (exact) mass is 354 g/mol. The molecule has 3 rings (SSSR count). The quantitative estimate of drug-likeness (QED) is 0.613. The smallest absolute Gasteiger partial charge is 0.308 e. The number of hydrogen-bond donors (Lipinski definition) is 2. The highest BCUT2D eigenvalue weighted by Gasteiger charge is 2.06. The molecule has 2 aromatic heterocycles. The molecule has 0 spiro atoms. The number of benzene rings is 1. The van der Waals surface area contributed by atoms with Gasteiger partial charge in [-0.15, -0.1) is 0 Å². The van der Waals surface area contributed by atoms with Gasteiger partial charge in [-0.2, -0.15) is 0 Å². The molecule has 2 N–H and O–H groups in total. The molecule has 5 nitrogen and oxygen atoms in total. The first-order chi connectivity index (χ1) is 12.1. The van der Waals surface area contributed by atoms with E-state index in [2.05, 4.69) is 27.5 Å². The molecule has 0 saturated carbocycles. The number of nitrogens with one attached hydrogen (secondary N) is 2. The standard InChI is InChI=1S/C19H19ClN4O/c1-2-3-4-13-5-9-15(10-6-13)21-19(25)24-17-12-8-14-7-11-16(20)22-18(14)23-17/h5-12H,2-4H2,1H3,(H2,21,22,23,24,25). The minimum Gasteiger partial charge on any atom is -0.308 e. The average Bonchev–Trinajstić information content (AvgIpc) is 2.60. The molecule has 0 saturated heterocycles. The summed E-state index contributed by atoms with van der Waals surface area (Å²) in [5.74, 6) is 0.416. The highest BCUT2D eigenvalue weighted by molar-refractivity contribution is 6.29. The van der Waals surface area contributed by atoms with Crippen molar-refractivity contribution in [2.75, 3.05) is 10.6 Å². The lowest BCUT2D eigenvalue weighted by molar-refractivity contribution is 0.262. The lowest BCUT2D eigenvalue weighted by atomic mass is 10.1. The van der Waals surface area contributed by atoms with Crippen LogP contribution in [-0.4, -0.2) is 16.0 Å². The van der Waals surface area contributed by atoms with E-state index in [9.17, 15) is 4.79 Å². The summed E-state index contributed by atoms with van der Waals surface area (Å²) >= 11 is 5.88. The molecular formula is C19H19ClN4O. The molecule has 25 heavy (non-hydrogen) atoms. The maximum absolute atomic E-state index is 12.1. The third-order valence-electron chi connectivity index (χ3n) is 3.79. The van der Waals surface area contributed by atoms with Crippen LogP contribution in [0.15, 0.2) is 48.5 Å². The molecule has 0 radical (unpaired) electrons. The summed E-state index contributed by atoms with van der Waals surface area (Å²) in [7, 11) is 0. The Kier molecular flexibility index (Phi) is 5.46. The van der Waals surface area contributed by atoms with Crippen LogP contribution in [-0.2, 0) is 6.42 Å². The van der Waals surface area contributed by atoms with Gasteiger partial charge in [-0.05, 0) is 54.8 Å². The average molecular weight is 355 g/mol. The number of aryl methyl sites for hydroxylation is 1. The van der Waals surface area contributed by atoms with Gasteiger partial charge >= 0.3 is 6.03 Å². The van der Waals surface area contributed by atoms with E-state index in [0.717, 1.165) is 17.5 Å². The SMILES string of the molecule is CCCCc1ccc(NC(=O)Nc2ccc3ccc(Cl)nc3n2)cc1. The van der Waals surface area contributed by atoms with Crippen molar-refractivity contribution in [3.63, 3.8) is 0 Å². The van der Waals surface area contributed by atoms with Gasteiger partial charge in [0, 0.05) is 11.1 Å². The summed E-state index contributed by atoms with van der Waals surface area (Å²) in [6, 6.07) is 14.6. The van der Waals surface area contributed by atoms with E-state index in [4.69, 9.17) is 11.6 Å². The summed E-state index contributed by atoms with van der Waals surface area (Å²) in [4.78, 5) is 20.6. The Bertz CT molecular complexity index is 880. The van der Waals surface area contributed by atoms with Gasteiger partial charge in [0.05, 0.1) is 0 Å². The number of aromatic nitrogens is 2. The first-order valence-electron chi connectivity index (χ1n) is 8.24. The number of hydrogen-bond acceptors (Lipinski definition) is 3. The van der Waals surface area contributed by atoms with Crippen molar-refractivity contribution in [3.8, 4) is 0 Å². The molecular weight excluding hydrogens is 336 g/mol. The molecule has 0 unspecified atom stereocenters. The third-order valence-corrected chi connectivity index (χ3v) is 4.00. The summed E-state index contributed by atoms with van der Waals surface area (Å²) < 4.78 is 0. The van der Waals surface area contributed by atoms with E-state index < -0.39 is 0 Å². The fourth-order valence-electron chi connectivity index (χ4n) is 2.46. The molecule has 6 heteroatoms. The summed E-state index contributed by atoms with van der Waals surface area (Å²) in [5, 5.41) is 6.73. The lowest BCUT2D eigenvalue weighted by Crippen LogP contribution is -2.20. The maximum Gasteiger partial charge on any atom is 0.324 e. The first kappa shape index (κ1) is 17.2. The predicted molar refractivity (Wildman–Crippen MR) is 102 cm³/mol. The maximum atomic E-state index is 12.1. The highest BCUT2D eigenvalue weighted by atomic mass is 35.5. The molecule has 2 heterocycles. The zero-order valence-electron chi connectivity index (χ0n) is 13.9. The zero-order chi connectivity index (χ0) is 17.6. The second-order valence-electron chi connectivity index (χ2n) is 5.76. The topological polar surface area (TPSA) is 66.9 Å². The lowest BCUT2D eigenvalue weighted by Gasteiger charge is -2.08. The van der Waals surface area contributed by atoms with Crippen molar-refractivity contribution in [1.29, 1.82) is 0 Å². The number of amides is 2. The molecule has 0 aliphatic heterocycles. The van der Waals surface area contributed by atoms with Crippen LogP contribution < -0.4 is 10.6 Å². The molecule has 128 valence electrons. The molecule has 0 atom stereocenters. The van der Waals surface area contributed by atoms with E-state index in [0.29, 0.717) is 16.6 Å². The number of nitrogens with zero attached hydrogens (tertiary/aromatic N) is 2. The number of fused-ring (bicyclic) bond motifs is 1. The number of carbonyl (C=O) groups excluding carboxylic acids is 1. The van der Waals surface area contributed by atoms with E-state index in [-0.39, 0.29) is 6.03 Å². The van der Waals surface area contributed by atoms with Crippen LogP contribution in [0.25, 0.3) is 11.0 Å². The Morgan fingerprint density at radius 2 is 1.76 bits per heavy atom. The Morgan fingerprint density at radius 3 is 2.52 bits per heavy atom. The summed E-state index contributed by atoms with van der Waals surface area (Å²) in [6.07, 6.45) is 3.39. The van der Waals surface area contributed by atoms with Crippen LogP contribution in [0.2, 0.25) is 5.15 Å². The van der Waals surface area contributed by atoms with Crippen molar-refractivity contribution in [2.45, 2.75) is 26.2 Å². The van der Waals surface area contributed by atoms with E-state index in [1.165, 1.54) is 18.4 Å². The Labute approximate surface area is 151 Å². The van der Waals surface area contributed by atoms with Gasteiger partial charge < -0.3 is 5.32 Å². The van der Waals surface area contributed by atoms with Crippen LogP contribution in [0, 0.1) is 0 Å². The second kappa shape index (κ2) is 7.94. The van der Waals surface area contributed by atoms with Gasteiger partial charge in [0.2, 0.25) is 0 Å². The van der Waals surface area contributed by atoms with Crippen molar-refractivity contribution in [3.05, 3.63) is 59.2 Å². The Hall–Kier alpha value is -2.66. The van der Waals surface area contributed by atoms with Crippen molar-refractivity contribution >= 4 is 40.2 Å². The summed E-state index contributed by atoms with van der Waals surface area (Å²) in [5.41, 5.74) is 2.50. The molecule has 0 aliphatic rings. The van der Waals surface area contributed by atoms with Crippen LogP contribution in [0.3, 0.4) is 0 Å². The fraction of sp³-hybridized carbons (Fsp3) is 0.211. The van der Waals surface area contributed by atoms with Crippen molar-refractivity contribution in [1.82, 2.24) is 9.97 Å². The van der Waals surface area contributed by atoms with Gasteiger partial charge in [0.1, 0.15) is 11.0 Å². The summed E-state index contributed by atoms with van der Waals surface area (Å²) in [6.45, 7) is 2.17. The Balaban J connectivity index is 1.64. The van der Waals surface area contributed by atoms with Crippen molar-refractivity contribution < 1.29 is 4.79 Å². The van der Waals surface area contributed by atoms with Crippen molar-refractivity contribution in [2.24, 2.45) is 0 Å². The van der Waals surface area contributed by atoms with Gasteiger partial charge in [-0.1, -0.05) is 37.1 Å². The predicted octanol–water partition coefficient (Wildman–Crippen LogP) is 5.27. The number of unbranched alkanes of at least 4 members (excludes halogenated alkanes) is 1. The zero-order valence-corrected chi connectivity index (χ0v) is 14.7. The fourth-order valence-corrected chi connectivity index (χ4v) is 2.60. The van der Waals surface area contributed by atoms with Gasteiger partial charge in [0.25, 0.3) is 0 Å². The number of rotatable bonds is 5. The van der Waals surface area contributed by atoms with Crippen LogP contribution in [0.1, 0.15) is 25.3 Å². The highest BCUT2D eigenvalue weighted by Crippen LogP contribution is 2.17. The largest absolute Gasteiger partial charge is 0.324 e. The van der Waals surface area contributed by atoms with Gasteiger partial charge in [-0.25, -0.2) is 14.8 Å². The van der Waals surface area contributed by atoms with E-state index in [1.54, 1.807) is 12.1 Å². The second-order valence-corrected chi connectivity index (χ2v) is 6.14. The molecule has 3 aromatic rings. The van der Waals surface area contributed by atoms with Gasteiger partial charge in [-0.3, -0.25) is 5.32 Å². The molecule has 1 aromatic carbocycles. The number of carbonyl (C=O) groups is 1. The molecule has 0 bridgehead atoms. The normalized spacial score (nSPS) is 10.6.